The first-order valence-electron chi connectivity index (χ1n) is 13.8. The number of halogens is 4. The highest BCUT2D eigenvalue weighted by atomic mass is 35.5. The highest BCUT2D eigenvalue weighted by Gasteiger charge is 2.30. The number of benzene rings is 1. The van der Waals surface area contributed by atoms with E-state index < -0.39 is 11.6 Å². The van der Waals surface area contributed by atoms with Gasteiger partial charge in [0.1, 0.15) is 11.6 Å². The molecule has 0 bridgehead atoms. The summed E-state index contributed by atoms with van der Waals surface area (Å²) < 4.78 is 27.5. The van der Waals surface area contributed by atoms with Crippen LogP contribution in [-0.2, 0) is 9.59 Å². The van der Waals surface area contributed by atoms with E-state index in [1.54, 1.807) is 6.08 Å². The van der Waals surface area contributed by atoms with Gasteiger partial charge in [-0.15, -0.1) is 0 Å². The summed E-state index contributed by atoms with van der Waals surface area (Å²) in [5.41, 5.74) is 1.64. The van der Waals surface area contributed by atoms with E-state index in [0.29, 0.717) is 42.6 Å². The van der Waals surface area contributed by atoms with Crippen LogP contribution in [0.4, 0.5) is 14.5 Å². The molecule has 1 aromatic rings. The Hall–Kier alpha value is -2.22. The summed E-state index contributed by atoms with van der Waals surface area (Å²) in [4.78, 5) is 20.7. The average Bonchev–Trinajstić information content (AvgIpc) is 3.58. The number of carbonyl (C=O) groups excluding carboxylic acids is 2. The summed E-state index contributed by atoms with van der Waals surface area (Å²) in [5, 5.41) is 8.40. The molecule has 2 atom stereocenters. The van der Waals surface area contributed by atoms with E-state index in [0.717, 1.165) is 18.9 Å². The molecule has 1 aliphatic carbocycles. The SMILES string of the molecule is C=C/C(Cl)=C(F)\C=C/C[C@H]1CNC[C@H]1c1cc(F)c(Cl)cc1NC=O.CC(C)(C)C.O=CNCCC1CCCC1. The topological polar surface area (TPSA) is 70.2 Å². The fourth-order valence-corrected chi connectivity index (χ4v) is 4.80. The van der Waals surface area contributed by atoms with Crippen LogP contribution in [0.25, 0.3) is 0 Å². The molecule has 224 valence electrons. The van der Waals surface area contributed by atoms with E-state index >= 15 is 0 Å². The third kappa shape index (κ3) is 14.4. The third-order valence-corrected chi connectivity index (χ3v) is 7.04. The zero-order valence-corrected chi connectivity index (χ0v) is 25.7. The molecule has 1 saturated heterocycles. The first-order valence-corrected chi connectivity index (χ1v) is 14.6. The molecule has 5 nitrogen and oxygen atoms in total. The van der Waals surface area contributed by atoms with Crippen LogP contribution < -0.4 is 16.0 Å². The second-order valence-electron chi connectivity index (χ2n) is 11.7. The van der Waals surface area contributed by atoms with E-state index in [4.69, 9.17) is 23.2 Å². The van der Waals surface area contributed by atoms with Crippen molar-refractivity contribution in [2.75, 3.05) is 25.0 Å². The fraction of sp³-hybridized carbons (Fsp3) is 0.548. The van der Waals surface area contributed by atoms with Crippen LogP contribution in [0.2, 0.25) is 5.02 Å². The van der Waals surface area contributed by atoms with Gasteiger partial charge in [-0.25, -0.2) is 8.78 Å². The highest BCUT2D eigenvalue weighted by Crippen LogP contribution is 2.37. The molecular weight excluding hydrogens is 555 g/mol. The Bertz CT molecular complexity index is 997. The van der Waals surface area contributed by atoms with Crippen LogP contribution in [0.1, 0.15) is 77.7 Å². The molecule has 0 radical (unpaired) electrons. The van der Waals surface area contributed by atoms with Gasteiger partial charge >= 0.3 is 0 Å². The number of carbonyl (C=O) groups is 2. The summed E-state index contributed by atoms with van der Waals surface area (Å²) in [5.74, 6) is -0.131. The van der Waals surface area contributed by atoms with E-state index in [1.807, 2.05) is 0 Å². The smallest absolute Gasteiger partial charge is 0.211 e. The van der Waals surface area contributed by atoms with Gasteiger partial charge in [-0.3, -0.25) is 9.59 Å². The van der Waals surface area contributed by atoms with E-state index in [2.05, 4.69) is 50.2 Å². The van der Waals surface area contributed by atoms with Crippen molar-refractivity contribution in [2.45, 2.75) is 72.1 Å². The van der Waals surface area contributed by atoms with Crippen LogP contribution in [0.3, 0.4) is 0 Å². The summed E-state index contributed by atoms with van der Waals surface area (Å²) >= 11 is 11.5. The fourth-order valence-electron chi connectivity index (χ4n) is 4.57. The monoisotopic (exact) mass is 599 g/mol. The third-order valence-electron chi connectivity index (χ3n) is 6.41. The van der Waals surface area contributed by atoms with Crippen molar-refractivity contribution >= 4 is 41.7 Å². The zero-order valence-electron chi connectivity index (χ0n) is 24.2. The molecule has 3 rings (SSSR count). The first kappa shape index (κ1) is 35.8. The lowest BCUT2D eigenvalue weighted by atomic mass is 9.85. The van der Waals surface area contributed by atoms with E-state index in [9.17, 15) is 18.4 Å². The van der Waals surface area contributed by atoms with Gasteiger partial charge in [0.05, 0.1) is 10.1 Å². The average molecular weight is 601 g/mol. The van der Waals surface area contributed by atoms with Crippen LogP contribution in [0.15, 0.2) is 47.8 Å². The van der Waals surface area contributed by atoms with Crippen molar-refractivity contribution in [1.29, 1.82) is 0 Å². The second kappa shape index (κ2) is 19.0. The number of amides is 2. The molecule has 0 aromatic heterocycles. The Morgan fingerprint density at radius 3 is 2.38 bits per heavy atom. The summed E-state index contributed by atoms with van der Waals surface area (Å²) in [6, 6.07) is 2.75. The van der Waals surface area contributed by atoms with Crippen molar-refractivity contribution in [3.05, 3.63) is 64.2 Å². The first-order chi connectivity index (χ1) is 18.9. The molecule has 1 heterocycles. The van der Waals surface area contributed by atoms with Crippen molar-refractivity contribution in [3.8, 4) is 0 Å². The van der Waals surface area contributed by atoms with Gasteiger partial charge in [-0.1, -0.05) is 89.2 Å². The van der Waals surface area contributed by atoms with Gasteiger partial charge in [0.2, 0.25) is 12.8 Å². The molecule has 1 aromatic carbocycles. The number of anilines is 1. The molecule has 3 N–H and O–H groups in total. The lowest BCUT2D eigenvalue weighted by Gasteiger charge is -2.21. The molecule has 9 heteroatoms. The molecule has 1 saturated carbocycles. The Labute approximate surface area is 248 Å². The molecule has 2 fully saturated rings. The van der Waals surface area contributed by atoms with Crippen LogP contribution >= 0.6 is 23.2 Å². The predicted molar refractivity (Wildman–Crippen MR) is 164 cm³/mol. The minimum atomic E-state index is -0.556. The normalized spacial score (nSPS) is 19.6. The van der Waals surface area contributed by atoms with Gasteiger partial charge < -0.3 is 16.0 Å². The van der Waals surface area contributed by atoms with Crippen molar-refractivity contribution in [1.82, 2.24) is 10.6 Å². The quantitative estimate of drug-likeness (QED) is 0.136. The molecule has 0 unspecified atom stereocenters. The minimum absolute atomic E-state index is 0.0409. The van der Waals surface area contributed by atoms with Crippen molar-refractivity contribution in [2.24, 2.45) is 17.3 Å². The molecule has 1 aliphatic heterocycles. The highest BCUT2D eigenvalue weighted by molar-refractivity contribution is 6.31. The lowest BCUT2D eigenvalue weighted by Crippen LogP contribution is -2.14. The standard InChI is InChI=1S/C18H18Cl2F2N2O.C8H15NO.C5H12/c1-2-14(19)16(21)5-3-4-11-8-23-9-13(11)12-6-17(22)15(20)7-18(12)24-10-25;10-7-9-6-5-8-3-1-2-4-8;1-5(2,3)4/h2-3,5-7,10-11,13,23H,1,4,8-9H2,(H,24,25);7-8H,1-6H2,(H,9,10);1-4H3/b5-3-,16-14-;;/t11-,13+;;/m0../s1. The van der Waals surface area contributed by atoms with Crippen molar-refractivity contribution in [3.63, 3.8) is 0 Å². The number of allylic oxidation sites excluding steroid dienone is 5. The number of nitrogens with one attached hydrogen (secondary N) is 3. The second-order valence-corrected chi connectivity index (χ2v) is 12.5. The van der Waals surface area contributed by atoms with Crippen LogP contribution in [0, 0.1) is 23.1 Å². The van der Waals surface area contributed by atoms with Gasteiger partial charge in [0, 0.05) is 24.7 Å². The Kier molecular flexibility index (Phi) is 17.0. The van der Waals surface area contributed by atoms with Gasteiger partial charge in [-0.2, -0.15) is 0 Å². The zero-order chi connectivity index (χ0) is 30.1. The lowest BCUT2D eigenvalue weighted by molar-refractivity contribution is -0.109. The van der Waals surface area contributed by atoms with E-state index in [1.165, 1.54) is 56.4 Å². The number of rotatable bonds is 11. The van der Waals surface area contributed by atoms with Crippen LogP contribution in [0.5, 0.6) is 0 Å². The Morgan fingerprint density at radius 2 is 1.80 bits per heavy atom. The number of hydrogen-bond acceptors (Lipinski definition) is 3. The molecule has 2 aliphatic rings. The molecule has 0 spiro atoms. The molecule has 40 heavy (non-hydrogen) atoms. The Balaban J connectivity index is 0.000000436. The van der Waals surface area contributed by atoms with Gasteiger partial charge in [0.15, 0.2) is 0 Å². The van der Waals surface area contributed by atoms with Crippen molar-refractivity contribution < 1.29 is 18.4 Å². The maximum absolute atomic E-state index is 13.9. The number of hydrogen-bond donors (Lipinski definition) is 3. The Morgan fingerprint density at radius 1 is 1.15 bits per heavy atom. The van der Waals surface area contributed by atoms with E-state index in [-0.39, 0.29) is 21.9 Å². The maximum atomic E-state index is 13.9. The largest absolute Gasteiger partial charge is 0.359 e. The molecule has 2 amide bonds. The molecular formula is C31H45Cl2F2N3O2. The maximum Gasteiger partial charge on any atom is 0.211 e. The predicted octanol–water partition coefficient (Wildman–Crippen LogP) is 8.27. The van der Waals surface area contributed by atoms with Gasteiger partial charge in [-0.05, 0) is 66.5 Å². The summed E-state index contributed by atoms with van der Waals surface area (Å²) in [6.07, 6.45) is 12.8. The minimum Gasteiger partial charge on any atom is -0.359 e. The van der Waals surface area contributed by atoms with Crippen LogP contribution in [-0.4, -0.2) is 32.5 Å². The summed E-state index contributed by atoms with van der Waals surface area (Å²) in [7, 11) is 0. The summed E-state index contributed by atoms with van der Waals surface area (Å²) in [6.45, 7) is 14.3. The van der Waals surface area contributed by atoms with Gasteiger partial charge in [0.25, 0.3) is 0 Å².